The zero-order chi connectivity index (χ0) is 17.4. The van der Waals surface area contributed by atoms with Gasteiger partial charge in [0.2, 0.25) is 11.7 Å². The highest BCUT2D eigenvalue weighted by molar-refractivity contribution is 6.11. The zero-order valence-electron chi connectivity index (χ0n) is 13.6. The first-order valence-electron chi connectivity index (χ1n) is 8.35. The Morgan fingerprint density at radius 2 is 1.84 bits per heavy atom. The van der Waals surface area contributed by atoms with Gasteiger partial charge >= 0.3 is 0 Å². The van der Waals surface area contributed by atoms with Gasteiger partial charge in [-0.25, -0.2) is 0 Å². The van der Waals surface area contributed by atoms with Crippen molar-refractivity contribution in [2.75, 3.05) is 5.32 Å². The van der Waals surface area contributed by atoms with Crippen molar-refractivity contribution in [1.82, 2.24) is 0 Å². The molecular formula is C20H18N2O3. The van der Waals surface area contributed by atoms with Crippen molar-refractivity contribution >= 4 is 28.5 Å². The first-order chi connectivity index (χ1) is 12.1. The van der Waals surface area contributed by atoms with Crippen LogP contribution in [0, 0.1) is 0 Å². The number of anilines is 1. The third-order valence-electron chi connectivity index (χ3n) is 4.75. The summed E-state index contributed by atoms with van der Waals surface area (Å²) in [4.78, 5) is 24.7. The Bertz CT molecular complexity index is 974. The molecule has 3 aromatic rings. The Morgan fingerprint density at radius 1 is 1.08 bits per heavy atom. The number of amides is 2. The second-order valence-corrected chi connectivity index (χ2v) is 6.30. The van der Waals surface area contributed by atoms with Crippen LogP contribution in [-0.4, -0.2) is 11.8 Å². The molecule has 5 nitrogen and oxygen atoms in total. The number of nitrogens with one attached hydrogen (secondary N) is 1. The summed E-state index contributed by atoms with van der Waals surface area (Å²) in [6.07, 6.45) is 2.73. The van der Waals surface area contributed by atoms with Gasteiger partial charge in [-0.15, -0.1) is 0 Å². The lowest BCUT2D eigenvalue weighted by Gasteiger charge is -2.24. The maximum Gasteiger partial charge on any atom is 0.286 e. The van der Waals surface area contributed by atoms with Gasteiger partial charge in [-0.3, -0.25) is 9.59 Å². The highest BCUT2D eigenvalue weighted by atomic mass is 16.3. The van der Waals surface area contributed by atoms with Gasteiger partial charge < -0.3 is 15.5 Å². The minimum absolute atomic E-state index is 0.0151. The maximum absolute atomic E-state index is 12.9. The van der Waals surface area contributed by atoms with Crippen molar-refractivity contribution in [3.63, 3.8) is 0 Å². The van der Waals surface area contributed by atoms with Crippen LogP contribution in [0.3, 0.4) is 0 Å². The van der Waals surface area contributed by atoms with Crippen LogP contribution in [0.2, 0.25) is 0 Å². The third-order valence-corrected chi connectivity index (χ3v) is 4.75. The monoisotopic (exact) mass is 334 g/mol. The summed E-state index contributed by atoms with van der Waals surface area (Å²) in [5.41, 5.74) is 8.57. The van der Waals surface area contributed by atoms with E-state index in [2.05, 4.69) is 11.4 Å². The predicted molar refractivity (Wildman–Crippen MR) is 95.5 cm³/mol. The highest BCUT2D eigenvalue weighted by Crippen LogP contribution is 2.35. The Labute approximate surface area is 144 Å². The molecule has 2 amide bonds. The number of fused-ring (bicyclic) bond motifs is 2. The number of carbonyl (C=O) groups is 2. The molecule has 2 aromatic carbocycles. The van der Waals surface area contributed by atoms with E-state index < -0.39 is 5.91 Å². The fraction of sp³-hybridized carbons (Fsp3) is 0.200. The van der Waals surface area contributed by atoms with Gasteiger partial charge in [0.25, 0.3) is 5.91 Å². The van der Waals surface area contributed by atoms with Crippen LogP contribution >= 0.6 is 0 Å². The second kappa shape index (κ2) is 6.09. The minimum atomic E-state index is -0.699. The molecule has 1 aliphatic carbocycles. The number of benzene rings is 2. The summed E-state index contributed by atoms with van der Waals surface area (Å²) in [6.45, 7) is 0. The molecule has 1 aliphatic rings. The van der Waals surface area contributed by atoms with Crippen LogP contribution in [0.1, 0.15) is 40.4 Å². The highest BCUT2D eigenvalue weighted by Gasteiger charge is 2.28. The van der Waals surface area contributed by atoms with Crippen molar-refractivity contribution in [3.05, 3.63) is 65.4 Å². The number of para-hydroxylation sites is 1. The third kappa shape index (κ3) is 2.67. The van der Waals surface area contributed by atoms with Gasteiger partial charge in [0.15, 0.2) is 0 Å². The smallest absolute Gasteiger partial charge is 0.286 e. The Hall–Kier alpha value is -3.08. The van der Waals surface area contributed by atoms with Gasteiger partial charge in [-0.1, -0.05) is 36.4 Å². The van der Waals surface area contributed by atoms with E-state index in [-0.39, 0.29) is 17.6 Å². The summed E-state index contributed by atoms with van der Waals surface area (Å²) in [6, 6.07) is 15.2. The molecule has 0 saturated heterocycles. The van der Waals surface area contributed by atoms with E-state index >= 15 is 0 Å². The summed E-state index contributed by atoms with van der Waals surface area (Å²) in [7, 11) is 0. The van der Waals surface area contributed by atoms with E-state index in [9.17, 15) is 9.59 Å². The molecule has 25 heavy (non-hydrogen) atoms. The lowest BCUT2D eigenvalue weighted by Crippen LogP contribution is -2.25. The number of hydrogen-bond acceptors (Lipinski definition) is 3. The SMILES string of the molecule is NC(=O)c1oc2ccccc2c1NC(=O)C1CCCc2ccccc21. The van der Waals surface area contributed by atoms with Crippen molar-refractivity contribution in [1.29, 1.82) is 0 Å². The summed E-state index contributed by atoms with van der Waals surface area (Å²) >= 11 is 0. The van der Waals surface area contributed by atoms with Crippen LogP contribution in [-0.2, 0) is 11.2 Å². The summed E-state index contributed by atoms with van der Waals surface area (Å²) in [5.74, 6) is -1.09. The van der Waals surface area contributed by atoms with E-state index in [0.29, 0.717) is 16.7 Å². The van der Waals surface area contributed by atoms with Crippen LogP contribution in [0.4, 0.5) is 5.69 Å². The van der Waals surface area contributed by atoms with Crippen LogP contribution < -0.4 is 11.1 Å². The molecular weight excluding hydrogens is 316 g/mol. The molecule has 0 aliphatic heterocycles. The van der Waals surface area contributed by atoms with Crippen LogP contribution in [0.15, 0.2) is 52.9 Å². The average Bonchev–Trinajstić information content (AvgIpc) is 3.00. The number of aryl methyl sites for hydroxylation is 1. The number of carbonyl (C=O) groups excluding carboxylic acids is 2. The van der Waals surface area contributed by atoms with Crippen molar-refractivity contribution in [2.45, 2.75) is 25.2 Å². The number of nitrogens with two attached hydrogens (primary N) is 1. The standard InChI is InChI=1S/C20H18N2O3/c21-19(23)18-17(15-9-3-4-11-16(15)25-18)22-20(24)14-10-5-7-12-6-1-2-8-13(12)14/h1-4,6,8-9,11,14H,5,7,10H2,(H2,21,23)(H,22,24). The second-order valence-electron chi connectivity index (χ2n) is 6.30. The lowest BCUT2D eigenvalue weighted by atomic mass is 9.82. The fourth-order valence-corrected chi connectivity index (χ4v) is 3.58. The predicted octanol–water partition coefficient (Wildman–Crippen LogP) is 3.59. The number of hydrogen-bond donors (Lipinski definition) is 2. The number of furan rings is 1. The number of primary amides is 1. The number of rotatable bonds is 3. The molecule has 3 N–H and O–H groups in total. The molecule has 0 fully saturated rings. The molecule has 4 rings (SSSR count). The molecule has 1 aromatic heterocycles. The first-order valence-corrected chi connectivity index (χ1v) is 8.35. The maximum atomic E-state index is 12.9. The summed E-state index contributed by atoms with van der Waals surface area (Å²) < 4.78 is 5.53. The van der Waals surface area contributed by atoms with E-state index in [1.54, 1.807) is 18.2 Å². The van der Waals surface area contributed by atoms with Crippen LogP contribution in [0.25, 0.3) is 11.0 Å². The van der Waals surface area contributed by atoms with E-state index in [1.165, 1.54) is 5.56 Å². The van der Waals surface area contributed by atoms with E-state index in [1.807, 2.05) is 24.3 Å². The Kier molecular flexibility index (Phi) is 3.76. The van der Waals surface area contributed by atoms with Crippen molar-refractivity contribution < 1.29 is 14.0 Å². The fourth-order valence-electron chi connectivity index (χ4n) is 3.58. The lowest BCUT2D eigenvalue weighted by molar-refractivity contribution is -0.117. The topological polar surface area (TPSA) is 85.3 Å². The molecule has 1 unspecified atom stereocenters. The molecule has 1 atom stereocenters. The van der Waals surface area contributed by atoms with Gasteiger partial charge in [0, 0.05) is 5.39 Å². The van der Waals surface area contributed by atoms with Gasteiger partial charge in [-0.05, 0) is 42.5 Å². The molecule has 0 bridgehead atoms. The summed E-state index contributed by atoms with van der Waals surface area (Å²) in [5, 5.41) is 3.57. The van der Waals surface area contributed by atoms with Crippen molar-refractivity contribution in [2.24, 2.45) is 5.73 Å². The molecule has 1 heterocycles. The molecule has 0 saturated carbocycles. The molecule has 126 valence electrons. The van der Waals surface area contributed by atoms with Gasteiger partial charge in [0.05, 0.1) is 5.92 Å². The average molecular weight is 334 g/mol. The van der Waals surface area contributed by atoms with Gasteiger partial charge in [0.1, 0.15) is 11.3 Å². The Morgan fingerprint density at radius 3 is 2.68 bits per heavy atom. The largest absolute Gasteiger partial charge is 0.449 e. The van der Waals surface area contributed by atoms with Gasteiger partial charge in [-0.2, -0.15) is 0 Å². The molecule has 5 heteroatoms. The normalized spacial score (nSPS) is 16.4. The zero-order valence-corrected chi connectivity index (χ0v) is 13.6. The quantitative estimate of drug-likeness (QED) is 0.767. The minimum Gasteiger partial charge on any atom is -0.449 e. The van der Waals surface area contributed by atoms with Crippen LogP contribution in [0.5, 0.6) is 0 Å². The first kappa shape index (κ1) is 15.4. The van der Waals surface area contributed by atoms with E-state index in [0.717, 1.165) is 24.8 Å². The van der Waals surface area contributed by atoms with E-state index in [4.69, 9.17) is 10.2 Å². The molecule has 0 radical (unpaired) electrons. The Balaban J connectivity index is 1.72. The van der Waals surface area contributed by atoms with Crippen molar-refractivity contribution in [3.8, 4) is 0 Å². The molecule has 0 spiro atoms.